The normalized spacial score (nSPS) is 21.7. The Kier molecular flexibility index (Phi) is 6.25. The monoisotopic (exact) mass is 288 g/mol. The molecule has 2 heteroatoms. The molecule has 1 aromatic carbocycles. The van der Waals surface area contributed by atoms with Gasteiger partial charge in [0.05, 0.1) is 0 Å². The summed E-state index contributed by atoms with van der Waals surface area (Å²) in [5.41, 5.74) is 2.86. The maximum Gasteiger partial charge on any atom is 0.0292 e. The first kappa shape index (κ1) is 16.5. The summed E-state index contributed by atoms with van der Waals surface area (Å²) in [5, 5.41) is 3.72. The summed E-state index contributed by atoms with van der Waals surface area (Å²) in [6, 6.07) is 10.3. The van der Waals surface area contributed by atoms with E-state index in [1.54, 1.807) is 0 Å². The number of nitrogens with one attached hydrogen (secondary N) is 1. The van der Waals surface area contributed by atoms with Gasteiger partial charge in [-0.2, -0.15) is 0 Å². The Bertz CT molecular complexity index is 410. The van der Waals surface area contributed by atoms with Crippen molar-refractivity contribution in [3.63, 3.8) is 0 Å². The van der Waals surface area contributed by atoms with Gasteiger partial charge in [-0.25, -0.2) is 0 Å². The van der Waals surface area contributed by atoms with Crippen LogP contribution in [0.1, 0.15) is 57.2 Å². The van der Waals surface area contributed by atoms with Gasteiger partial charge in [0.1, 0.15) is 0 Å². The Morgan fingerprint density at radius 1 is 1.14 bits per heavy atom. The van der Waals surface area contributed by atoms with Gasteiger partial charge in [0.15, 0.2) is 0 Å². The summed E-state index contributed by atoms with van der Waals surface area (Å²) in [4.78, 5) is 2.51. The average molecular weight is 288 g/mol. The van der Waals surface area contributed by atoms with Gasteiger partial charge in [-0.15, -0.1) is 0 Å². The molecule has 2 rings (SSSR count). The highest BCUT2D eigenvalue weighted by atomic mass is 15.2. The van der Waals surface area contributed by atoms with E-state index in [0.29, 0.717) is 12.1 Å². The summed E-state index contributed by atoms with van der Waals surface area (Å²) < 4.78 is 0. The van der Waals surface area contributed by atoms with Crippen LogP contribution in [0.2, 0.25) is 0 Å². The van der Waals surface area contributed by atoms with Gasteiger partial charge in [-0.05, 0) is 56.8 Å². The van der Waals surface area contributed by atoms with Crippen LogP contribution < -0.4 is 5.32 Å². The van der Waals surface area contributed by atoms with Gasteiger partial charge in [0.25, 0.3) is 0 Å². The van der Waals surface area contributed by atoms with Crippen LogP contribution in [-0.4, -0.2) is 31.1 Å². The standard InChI is InChI=1S/C19H32N2/c1-15(2)13-17-8-10-18(11-9-17)16(3)20-14-19-7-5-6-12-21(19)4/h8-11,15-16,19-20H,5-7,12-14H2,1-4H3. The first-order valence-corrected chi connectivity index (χ1v) is 8.58. The zero-order valence-electron chi connectivity index (χ0n) is 14.2. The smallest absolute Gasteiger partial charge is 0.0292 e. The molecule has 21 heavy (non-hydrogen) atoms. The van der Waals surface area contributed by atoms with E-state index in [2.05, 4.69) is 62.3 Å². The molecule has 1 aliphatic rings. The van der Waals surface area contributed by atoms with Crippen LogP contribution in [0, 0.1) is 5.92 Å². The fourth-order valence-electron chi connectivity index (χ4n) is 3.25. The molecule has 0 spiro atoms. The Balaban J connectivity index is 1.83. The lowest BCUT2D eigenvalue weighted by Gasteiger charge is -2.33. The van der Waals surface area contributed by atoms with Gasteiger partial charge in [-0.1, -0.05) is 44.5 Å². The molecule has 1 aliphatic heterocycles. The Morgan fingerprint density at radius 3 is 2.48 bits per heavy atom. The third-order valence-corrected chi connectivity index (χ3v) is 4.70. The first-order chi connectivity index (χ1) is 10.1. The van der Waals surface area contributed by atoms with Crippen molar-refractivity contribution in [3.8, 4) is 0 Å². The maximum atomic E-state index is 3.72. The molecule has 0 bridgehead atoms. The van der Waals surface area contributed by atoms with Crippen molar-refractivity contribution >= 4 is 0 Å². The Labute approximate surface area is 130 Å². The zero-order chi connectivity index (χ0) is 15.2. The Hall–Kier alpha value is -0.860. The lowest BCUT2D eigenvalue weighted by Crippen LogP contribution is -2.43. The number of piperidine rings is 1. The Morgan fingerprint density at radius 2 is 1.86 bits per heavy atom. The molecule has 0 aliphatic carbocycles. The van der Waals surface area contributed by atoms with Gasteiger partial charge in [-0.3, -0.25) is 0 Å². The van der Waals surface area contributed by atoms with Crippen molar-refractivity contribution in [1.82, 2.24) is 10.2 Å². The molecule has 1 heterocycles. The fraction of sp³-hybridized carbons (Fsp3) is 0.684. The second kappa shape index (κ2) is 7.95. The molecule has 2 atom stereocenters. The number of nitrogens with zero attached hydrogens (tertiary/aromatic N) is 1. The third-order valence-electron chi connectivity index (χ3n) is 4.70. The van der Waals surface area contributed by atoms with E-state index < -0.39 is 0 Å². The predicted molar refractivity (Wildman–Crippen MR) is 91.7 cm³/mol. The predicted octanol–water partition coefficient (Wildman–Crippen LogP) is 4.02. The zero-order valence-corrected chi connectivity index (χ0v) is 14.2. The summed E-state index contributed by atoms with van der Waals surface area (Å²) in [7, 11) is 2.26. The number of hydrogen-bond donors (Lipinski definition) is 1. The molecule has 0 amide bonds. The molecule has 0 aromatic heterocycles. The van der Waals surface area contributed by atoms with Crippen molar-refractivity contribution in [2.24, 2.45) is 5.92 Å². The van der Waals surface area contributed by atoms with E-state index in [-0.39, 0.29) is 0 Å². The lowest BCUT2D eigenvalue weighted by atomic mass is 9.99. The van der Waals surface area contributed by atoms with Gasteiger partial charge < -0.3 is 10.2 Å². The first-order valence-electron chi connectivity index (χ1n) is 8.58. The average Bonchev–Trinajstić information content (AvgIpc) is 2.46. The quantitative estimate of drug-likeness (QED) is 0.850. The summed E-state index contributed by atoms with van der Waals surface area (Å²) in [5.74, 6) is 0.730. The molecule has 0 radical (unpaired) electrons. The van der Waals surface area contributed by atoms with Gasteiger partial charge in [0.2, 0.25) is 0 Å². The van der Waals surface area contributed by atoms with Crippen molar-refractivity contribution in [3.05, 3.63) is 35.4 Å². The van der Waals surface area contributed by atoms with E-state index in [1.165, 1.54) is 43.4 Å². The largest absolute Gasteiger partial charge is 0.309 e. The number of likely N-dealkylation sites (N-methyl/N-ethyl adjacent to an activating group) is 1. The fourth-order valence-corrected chi connectivity index (χ4v) is 3.25. The third kappa shape index (κ3) is 5.12. The number of likely N-dealkylation sites (tertiary alicyclic amines) is 1. The number of rotatable bonds is 6. The van der Waals surface area contributed by atoms with Crippen LogP contribution in [0.3, 0.4) is 0 Å². The molecule has 1 aromatic rings. The number of benzene rings is 1. The van der Waals surface area contributed by atoms with Gasteiger partial charge >= 0.3 is 0 Å². The van der Waals surface area contributed by atoms with Crippen LogP contribution >= 0.6 is 0 Å². The van der Waals surface area contributed by atoms with Crippen molar-refractivity contribution < 1.29 is 0 Å². The highest BCUT2D eigenvalue weighted by molar-refractivity contribution is 5.25. The van der Waals surface area contributed by atoms with E-state index in [1.807, 2.05) is 0 Å². The minimum atomic E-state index is 0.438. The maximum absolute atomic E-state index is 3.72. The van der Waals surface area contributed by atoms with Crippen molar-refractivity contribution in [2.45, 2.75) is 58.5 Å². The second-order valence-electron chi connectivity index (χ2n) is 7.10. The summed E-state index contributed by atoms with van der Waals surface area (Å²) in [6.07, 6.45) is 5.26. The molecular weight excluding hydrogens is 256 g/mol. The van der Waals surface area contributed by atoms with Crippen LogP contribution in [0.15, 0.2) is 24.3 Å². The summed E-state index contributed by atoms with van der Waals surface area (Å²) >= 11 is 0. The van der Waals surface area contributed by atoms with Crippen LogP contribution in [-0.2, 0) is 6.42 Å². The SMILES string of the molecule is CC(C)Cc1ccc(C(C)NCC2CCCCN2C)cc1. The van der Waals surface area contributed by atoms with Crippen molar-refractivity contribution in [1.29, 1.82) is 0 Å². The number of hydrogen-bond acceptors (Lipinski definition) is 2. The topological polar surface area (TPSA) is 15.3 Å². The van der Waals surface area contributed by atoms with Crippen LogP contribution in [0.4, 0.5) is 0 Å². The van der Waals surface area contributed by atoms with E-state index >= 15 is 0 Å². The minimum absolute atomic E-state index is 0.438. The molecule has 1 fully saturated rings. The molecule has 0 saturated carbocycles. The van der Waals surface area contributed by atoms with E-state index in [0.717, 1.165) is 12.5 Å². The lowest BCUT2D eigenvalue weighted by molar-refractivity contribution is 0.178. The summed E-state index contributed by atoms with van der Waals surface area (Å²) in [6.45, 7) is 9.19. The highest BCUT2D eigenvalue weighted by Crippen LogP contribution is 2.18. The molecular formula is C19H32N2. The molecule has 1 saturated heterocycles. The highest BCUT2D eigenvalue weighted by Gasteiger charge is 2.19. The van der Waals surface area contributed by atoms with E-state index in [4.69, 9.17) is 0 Å². The molecule has 1 N–H and O–H groups in total. The molecule has 2 nitrogen and oxygen atoms in total. The molecule has 118 valence electrons. The van der Waals surface area contributed by atoms with Crippen LogP contribution in [0.5, 0.6) is 0 Å². The van der Waals surface area contributed by atoms with Crippen molar-refractivity contribution in [2.75, 3.05) is 20.1 Å². The van der Waals surface area contributed by atoms with Crippen LogP contribution in [0.25, 0.3) is 0 Å². The second-order valence-corrected chi connectivity index (χ2v) is 7.10. The minimum Gasteiger partial charge on any atom is -0.309 e. The van der Waals surface area contributed by atoms with E-state index in [9.17, 15) is 0 Å². The molecule has 2 unspecified atom stereocenters. The van der Waals surface area contributed by atoms with Gasteiger partial charge in [0, 0.05) is 18.6 Å².